The molecule has 3 aromatic rings. The predicted octanol–water partition coefficient (Wildman–Crippen LogP) is -26.8. The molecule has 0 amide bonds. The Labute approximate surface area is 477 Å². The van der Waals surface area contributed by atoms with Crippen molar-refractivity contribution in [3.05, 3.63) is 64.2 Å². The molecule has 3 aromatic carbocycles. The number of rotatable bonds is 11. The van der Waals surface area contributed by atoms with Gasteiger partial charge in [-0.15, -0.1) is 40.9 Å². The standard InChI is InChI=1S/C37H83B35/c1-9(2)16-19(38)17(10-3-5-12-14(7-10)24(34(61,62)63,35(64,65)66)28(45,46)26(41,42)22(12,30(49,50)51)31(52,53)54)21(40)18(20(16)39)11-4-6-13-15(8-11)25(36(67,68)69,37(70,71)72)29(47,48)27(43,44)23(13,32(55,56)57)33(58,59)60/h3-9H,38-72H2,1-2H3. The summed E-state index contributed by atoms with van der Waals surface area (Å²) in [5.74, 6) is 0.355. The molecule has 0 saturated carbocycles. The summed E-state index contributed by atoms with van der Waals surface area (Å²) < 4.78 is 0. The van der Waals surface area contributed by atoms with Crippen LogP contribution < -0.4 is 16.4 Å². The van der Waals surface area contributed by atoms with Crippen molar-refractivity contribution in [2.45, 2.75) is 103 Å². The highest BCUT2D eigenvalue weighted by atomic mass is 14.7. The lowest BCUT2D eigenvalue weighted by molar-refractivity contribution is 0.212. The highest BCUT2D eigenvalue weighted by Crippen LogP contribution is 2.84. The summed E-state index contributed by atoms with van der Waals surface area (Å²) in [4.78, 5) is 0. The summed E-state index contributed by atoms with van der Waals surface area (Å²) >= 11 is 0. The minimum absolute atomic E-state index is 0.0407. The van der Waals surface area contributed by atoms with E-state index in [0.29, 0.717) is 5.92 Å². The van der Waals surface area contributed by atoms with Gasteiger partial charge in [-0.2, -0.15) is 0 Å². The molecule has 35 heteroatoms. The van der Waals surface area contributed by atoms with Crippen LogP contribution in [0.1, 0.15) is 47.6 Å². The van der Waals surface area contributed by atoms with Gasteiger partial charge in [-0.05, 0) is 72.1 Å². The molecule has 0 unspecified atom stereocenters. The summed E-state index contributed by atoms with van der Waals surface area (Å²) in [6.45, 7) is 4.87. The first-order valence-corrected chi connectivity index (χ1v) is 28.9. The Hall–Kier alpha value is -0.0673. The Morgan fingerprint density at radius 3 is 0.681 bits per heavy atom. The average molecular weight is 906 g/mol. The maximum Gasteiger partial charge on any atom is 0.140 e. The van der Waals surface area contributed by atoms with E-state index in [1.54, 1.807) is 22.3 Å². The molecule has 0 heterocycles. The largest absolute Gasteiger partial charge is 0.140 e. The smallest absolute Gasteiger partial charge is 0.104 e. The van der Waals surface area contributed by atoms with Crippen molar-refractivity contribution in [2.75, 3.05) is 0 Å². The van der Waals surface area contributed by atoms with E-state index in [1.165, 1.54) is 44.2 Å². The highest BCUT2D eigenvalue weighted by molar-refractivity contribution is 6.74. The van der Waals surface area contributed by atoms with Crippen LogP contribution in [0.15, 0.2) is 36.4 Å². The van der Waals surface area contributed by atoms with E-state index in [1.807, 2.05) is 0 Å². The summed E-state index contributed by atoms with van der Waals surface area (Å²) in [6, 6.07) is 16.0. The van der Waals surface area contributed by atoms with Crippen LogP contribution in [-0.2, 0) is 21.7 Å². The monoisotopic (exact) mass is 913 g/mol. The van der Waals surface area contributed by atoms with Gasteiger partial charge in [-0.1, -0.05) is 93.1 Å². The first-order valence-electron chi connectivity index (χ1n) is 28.9. The third kappa shape index (κ3) is 7.40. The second-order valence-electron chi connectivity index (χ2n) is 35.2. The molecule has 0 aromatic heterocycles. The fourth-order valence-corrected chi connectivity index (χ4v) is 24.1. The van der Waals surface area contributed by atoms with Crippen LogP contribution in [0.5, 0.6) is 0 Å². The predicted molar refractivity (Wildman–Crippen MR) is 428 cm³/mol. The van der Waals surface area contributed by atoms with Crippen molar-refractivity contribution in [3.8, 4) is 22.3 Å². The Balaban J connectivity index is 2.16. The van der Waals surface area contributed by atoms with Gasteiger partial charge in [-0.3, -0.25) is 0 Å². The topological polar surface area (TPSA) is 0 Å². The van der Waals surface area contributed by atoms with Crippen LogP contribution in [0.3, 0.4) is 0 Å². The zero-order valence-electron chi connectivity index (χ0n) is 55.0. The Morgan fingerprint density at radius 1 is 0.306 bits per heavy atom. The van der Waals surface area contributed by atoms with Crippen LogP contribution in [-0.4, -0.2) is 275 Å². The quantitative estimate of drug-likeness (QED) is 0.168. The van der Waals surface area contributed by atoms with Gasteiger partial charge in [-0.25, -0.2) is 0 Å². The SMILES string of the molecule is Bc1c(-c2ccc3c(c2)C(C(B)(B)B)(C(B)(B)B)C(B)(B)C(B)(B)C3(C(B)(B)B)C(B)(B)B)c(B)c(C(C)C)c(B)c1-c1ccc2c(c1)C(C(B)(B)B)(C(B)(B)B)C(B)(B)C(B)(B)C2(C(B)(B)B)C(B)(B)B. The fourth-order valence-electron chi connectivity index (χ4n) is 24.1. The lowest BCUT2D eigenvalue weighted by Gasteiger charge is -2.81. The van der Waals surface area contributed by atoms with Crippen molar-refractivity contribution in [1.82, 2.24) is 0 Å². The van der Waals surface area contributed by atoms with E-state index in [2.05, 4.69) is 325 Å². The van der Waals surface area contributed by atoms with Gasteiger partial charge in [0.25, 0.3) is 0 Å². The molecular formula is C37H83B35. The Morgan fingerprint density at radius 2 is 0.500 bits per heavy atom. The van der Waals surface area contributed by atoms with Crippen LogP contribution in [0.4, 0.5) is 0 Å². The van der Waals surface area contributed by atoms with Gasteiger partial charge in [0.2, 0.25) is 0 Å². The number of benzene rings is 3. The Bertz CT molecular complexity index is 2420. The highest BCUT2D eigenvalue weighted by Gasteiger charge is 2.76. The Kier molecular flexibility index (Phi) is 15.2. The molecule has 5 rings (SSSR count). The van der Waals surface area contributed by atoms with Crippen LogP contribution >= 0.6 is 0 Å². The lowest BCUT2D eigenvalue weighted by Crippen LogP contribution is -2.74. The van der Waals surface area contributed by atoms with E-state index in [-0.39, 0.29) is 83.4 Å². The lowest BCUT2D eigenvalue weighted by atomic mass is 8.99. The second-order valence-corrected chi connectivity index (χ2v) is 35.2. The molecule has 0 aliphatic heterocycles. The van der Waals surface area contributed by atoms with Crippen LogP contribution in [0.25, 0.3) is 22.3 Å². The number of hydrogen-bond acceptors (Lipinski definition) is 0. The molecule has 0 spiro atoms. The van der Waals surface area contributed by atoms with Crippen LogP contribution in [0.2, 0.25) is 61.8 Å². The van der Waals surface area contributed by atoms with Crippen LogP contribution in [0, 0.1) is 0 Å². The van der Waals surface area contributed by atoms with Gasteiger partial charge in [0.1, 0.15) is 23.5 Å². The van der Waals surface area contributed by atoms with E-state index >= 15 is 0 Å². The molecule has 0 saturated heterocycles. The van der Waals surface area contributed by atoms with Gasteiger partial charge in [0.05, 0.1) is 251 Å². The van der Waals surface area contributed by atoms with Gasteiger partial charge in [0, 0.05) is 0 Å². The van der Waals surface area contributed by atoms with Crippen molar-refractivity contribution in [2.24, 2.45) is 0 Å². The molecule has 0 radical (unpaired) electrons. The molecule has 72 heavy (non-hydrogen) atoms. The summed E-state index contributed by atoms with van der Waals surface area (Å²) in [7, 11) is 90.0. The molecule has 0 bridgehead atoms. The first-order chi connectivity index (χ1) is 31.5. The van der Waals surface area contributed by atoms with Gasteiger partial charge >= 0.3 is 0 Å². The van der Waals surface area contributed by atoms with Crippen molar-refractivity contribution in [1.29, 1.82) is 0 Å². The van der Waals surface area contributed by atoms with Crippen molar-refractivity contribution < 1.29 is 0 Å². The van der Waals surface area contributed by atoms with Gasteiger partial charge in [0.15, 0.2) is 0 Å². The number of fused-ring (bicyclic) bond motifs is 2. The molecule has 0 N–H and O–H groups in total. The fraction of sp³-hybridized carbons (Fsp3) is 0.514. The third-order valence-electron chi connectivity index (χ3n) is 23.0. The first kappa shape index (κ1) is 62.8. The molecule has 2 aliphatic rings. The molecular weight excluding hydrogens is 823 g/mol. The maximum atomic E-state index is 2.77. The summed E-state index contributed by atoms with van der Waals surface area (Å²) in [6.07, 6.45) is 0. The van der Waals surface area contributed by atoms with Gasteiger partial charge < -0.3 is 0 Å². The van der Waals surface area contributed by atoms with Crippen molar-refractivity contribution in [3.63, 3.8) is 0 Å². The van der Waals surface area contributed by atoms with E-state index in [4.69, 9.17) is 0 Å². The van der Waals surface area contributed by atoms with Crippen molar-refractivity contribution >= 4 is 291 Å². The molecule has 0 nitrogen and oxygen atoms in total. The molecule has 336 valence electrons. The van der Waals surface area contributed by atoms with E-state index < -0.39 is 0 Å². The van der Waals surface area contributed by atoms with E-state index in [9.17, 15) is 0 Å². The molecule has 2 aliphatic carbocycles. The summed E-state index contributed by atoms with van der Waals surface area (Å²) in [5.41, 5.74) is 16.9. The normalized spacial score (nSPS) is 21.1. The minimum Gasteiger partial charge on any atom is -0.104 e. The maximum absolute atomic E-state index is 2.77. The zero-order chi connectivity index (χ0) is 56.7. The second kappa shape index (κ2) is 17.5. The molecule has 0 atom stereocenters. The zero-order valence-corrected chi connectivity index (χ0v) is 55.0. The van der Waals surface area contributed by atoms with E-state index in [0.717, 1.165) is 0 Å². The summed E-state index contributed by atoms with van der Waals surface area (Å²) in [5, 5.41) is -0.875. The minimum atomic E-state index is -0.201. The third-order valence-corrected chi connectivity index (χ3v) is 23.0. The number of hydrogen-bond donors (Lipinski definition) is 0. The molecule has 0 fully saturated rings. The average Bonchev–Trinajstić information content (AvgIpc) is 3.07.